The van der Waals surface area contributed by atoms with Crippen LogP contribution in [0.15, 0.2) is 18.2 Å². The van der Waals surface area contributed by atoms with Crippen molar-refractivity contribution in [2.75, 3.05) is 6.61 Å². The van der Waals surface area contributed by atoms with Crippen molar-refractivity contribution in [3.8, 4) is 11.5 Å². The third-order valence-electron chi connectivity index (χ3n) is 2.03. The SMILES string of the molecule is CC(C)COc1ccc(O)c(C(C)O)c1. The van der Waals surface area contributed by atoms with E-state index in [0.717, 1.165) is 0 Å². The molecule has 1 unspecified atom stereocenters. The lowest BCUT2D eigenvalue weighted by Crippen LogP contribution is -2.05. The van der Waals surface area contributed by atoms with E-state index in [1.54, 1.807) is 19.1 Å². The molecule has 0 aliphatic heterocycles. The summed E-state index contributed by atoms with van der Waals surface area (Å²) in [5.74, 6) is 1.23. The number of phenols is 1. The van der Waals surface area contributed by atoms with Gasteiger partial charge in [-0.1, -0.05) is 13.8 Å². The number of aliphatic hydroxyl groups is 1. The number of phenolic OH excluding ortho intramolecular Hbond substituents is 1. The minimum atomic E-state index is -0.687. The van der Waals surface area contributed by atoms with Crippen LogP contribution in [0.4, 0.5) is 0 Å². The van der Waals surface area contributed by atoms with Crippen molar-refractivity contribution < 1.29 is 14.9 Å². The largest absolute Gasteiger partial charge is 0.508 e. The second-order valence-electron chi connectivity index (χ2n) is 4.10. The molecule has 1 rings (SSSR count). The zero-order valence-electron chi connectivity index (χ0n) is 9.40. The number of aliphatic hydroxyl groups excluding tert-OH is 1. The highest BCUT2D eigenvalue weighted by Crippen LogP contribution is 2.28. The maximum absolute atomic E-state index is 9.47. The highest BCUT2D eigenvalue weighted by Gasteiger charge is 2.08. The van der Waals surface area contributed by atoms with Crippen molar-refractivity contribution in [3.63, 3.8) is 0 Å². The van der Waals surface area contributed by atoms with Crippen molar-refractivity contribution in [2.45, 2.75) is 26.9 Å². The van der Waals surface area contributed by atoms with Gasteiger partial charge in [0.2, 0.25) is 0 Å². The lowest BCUT2D eigenvalue weighted by Gasteiger charge is -2.12. The van der Waals surface area contributed by atoms with Gasteiger partial charge in [-0.2, -0.15) is 0 Å². The van der Waals surface area contributed by atoms with E-state index >= 15 is 0 Å². The molecule has 1 aromatic carbocycles. The monoisotopic (exact) mass is 210 g/mol. The Bertz CT molecular complexity index is 319. The van der Waals surface area contributed by atoms with Gasteiger partial charge in [0.1, 0.15) is 11.5 Å². The van der Waals surface area contributed by atoms with Gasteiger partial charge in [0.05, 0.1) is 12.7 Å². The van der Waals surface area contributed by atoms with E-state index in [2.05, 4.69) is 13.8 Å². The van der Waals surface area contributed by atoms with Crippen LogP contribution >= 0.6 is 0 Å². The summed E-state index contributed by atoms with van der Waals surface area (Å²) >= 11 is 0. The fourth-order valence-electron chi connectivity index (χ4n) is 1.22. The van der Waals surface area contributed by atoms with Crippen molar-refractivity contribution in [3.05, 3.63) is 23.8 Å². The van der Waals surface area contributed by atoms with Gasteiger partial charge in [-0.25, -0.2) is 0 Å². The summed E-state index contributed by atoms with van der Waals surface area (Å²) in [5, 5.41) is 18.9. The van der Waals surface area contributed by atoms with Crippen LogP contribution in [-0.2, 0) is 0 Å². The molecule has 3 nitrogen and oxygen atoms in total. The van der Waals surface area contributed by atoms with Gasteiger partial charge in [0.25, 0.3) is 0 Å². The summed E-state index contributed by atoms with van der Waals surface area (Å²) in [6.07, 6.45) is -0.687. The maximum Gasteiger partial charge on any atom is 0.121 e. The molecule has 1 aromatic rings. The van der Waals surface area contributed by atoms with Crippen molar-refractivity contribution in [1.82, 2.24) is 0 Å². The van der Waals surface area contributed by atoms with E-state index in [-0.39, 0.29) is 5.75 Å². The minimum absolute atomic E-state index is 0.0990. The van der Waals surface area contributed by atoms with Crippen LogP contribution in [0.3, 0.4) is 0 Å². The molecular formula is C12H18O3. The molecule has 0 saturated heterocycles. The van der Waals surface area contributed by atoms with Crippen molar-refractivity contribution in [1.29, 1.82) is 0 Å². The number of rotatable bonds is 4. The average molecular weight is 210 g/mol. The first-order valence-electron chi connectivity index (χ1n) is 5.14. The molecule has 0 spiro atoms. The molecule has 0 aliphatic rings. The highest BCUT2D eigenvalue weighted by molar-refractivity contribution is 5.40. The quantitative estimate of drug-likeness (QED) is 0.802. The predicted octanol–water partition coefficient (Wildman–Crippen LogP) is 2.48. The van der Waals surface area contributed by atoms with Gasteiger partial charge in [-0.3, -0.25) is 0 Å². The number of ether oxygens (including phenoxy) is 1. The van der Waals surface area contributed by atoms with E-state index in [4.69, 9.17) is 4.74 Å². The lowest BCUT2D eigenvalue weighted by atomic mass is 10.1. The molecule has 1 atom stereocenters. The van der Waals surface area contributed by atoms with Gasteiger partial charge < -0.3 is 14.9 Å². The molecule has 0 radical (unpaired) electrons. The first-order chi connectivity index (χ1) is 7.00. The van der Waals surface area contributed by atoms with Gasteiger partial charge in [0.15, 0.2) is 0 Å². The van der Waals surface area contributed by atoms with Crippen LogP contribution in [0.25, 0.3) is 0 Å². The van der Waals surface area contributed by atoms with Crippen molar-refractivity contribution >= 4 is 0 Å². The average Bonchev–Trinajstić information content (AvgIpc) is 2.16. The van der Waals surface area contributed by atoms with Crippen LogP contribution in [0.1, 0.15) is 32.4 Å². The summed E-state index contributed by atoms with van der Waals surface area (Å²) in [7, 11) is 0. The third-order valence-corrected chi connectivity index (χ3v) is 2.03. The second-order valence-corrected chi connectivity index (χ2v) is 4.10. The van der Waals surface area contributed by atoms with Gasteiger partial charge in [-0.15, -0.1) is 0 Å². The Hall–Kier alpha value is -1.22. The van der Waals surface area contributed by atoms with Gasteiger partial charge in [-0.05, 0) is 31.0 Å². The highest BCUT2D eigenvalue weighted by atomic mass is 16.5. The van der Waals surface area contributed by atoms with Crippen LogP contribution in [0.2, 0.25) is 0 Å². The molecule has 0 bridgehead atoms. The van der Waals surface area contributed by atoms with Crippen LogP contribution in [0, 0.1) is 5.92 Å². The molecule has 3 heteroatoms. The Labute approximate surface area is 90.3 Å². The summed E-state index contributed by atoms with van der Waals surface area (Å²) in [6, 6.07) is 4.91. The Balaban J connectivity index is 2.78. The first kappa shape index (κ1) is 11.9. The smallest absolute Gasteiger partial charge is 0.121 e. The third kappa shape index (κ3) is 3.44. The lowest BCUT2D eigenvalue weighted by molar-refractivity contribution is 0.193. The number of benzene rings is 1. The van der Waals surface area contributed by atoms with Crippen LogP contribution < -0.4 is 4.74 Å². The molecule has 0 amide bonds. The summed E-state index contributed by atoms with van der Waals surface area (Å²) in [4.78, 5) is 0. The Morgan fingerprint density at radius 2 is 1.93 bits per heavy atom. The standard InChI is InChI=1S/C12H18O3/c1-8(2)7-15-10-4-5-12(14)11(6-10)9(3)13/h4-6,8-9,13-14H,7H2,1-3H3. The van der Waals surface area contributed by atoms with E-state index in [0.29, 0.717) is 23.8 Å². The van der Waals surface area contributed by atoms with E-state index in [9.17, 15) is 10.2 Å². The Morgan fingerprint density at radius 1 is 1.27 bits per heavy atom. The number of hydrogen-bond acceptors (Lipinski definition) is 3. The van der Waals surface area contributed by atoms with E-state index in [1.807, 2.05) is 0 Å². The molecule has 0 fully saturated rings. The Morgan fingerprint density at radius 3 is 2.47 bits per heavy atom. The van der Waals surface area contributed by atoms with Gasteiger partial charge in [0, 0.05) is 5.56 Å². The topological polar surface area (TPSA) is 49.7 Å². The fraction of sp³-hybridized carbons (Fsp3) is 0.500. The number of aromatic hydroxyl groups is 1. The van der Waals surface area contributed by atoms with Gasteiger partial charge >= 0.3 is 0 Å². The summed E-state index contributed by atoms with van der Waals surface area (Å²) in [6.45, 7) is 6.37. The molecule has 84 valence electrons. The fourth-order valence-corrected chi connectivity index (χ4v) is 1.22. The normalized spacial score (nSPS) is 12.9. The molecule has 0 aromatic heterocycles. The maximum atomic E-state index is 9.47. The van der Waals surface area contributed by atoms with Crippen molar-refractivity contribution in [2.24, 2.45) is 5.92 Å². The van der Waals surface area contributed by atoms with E-state index in [1.165, 1.54) is 6.07 Å². The molecule has 15 heavy (non-hydrogen) atoms. The van der Waals surface area contributed by atoms with Crippen LogP contribution in [-0.4, -0.2) is 16.8 Å². The molecule has 0 saturated carbocycles. The summed E-state index contributed by atoms with van der Waals surface area (Å²) in [5.41, 5.74) is 0.497. The van der Waals surface area contributed by atoms with Crippen LogP contribution in [0.5, 0.6) is 11.5 Å². The zero-order valence-corrected chi connectivity index (χ0v) is 9.40. The molecule has 0 aliphatic carbocycles. The zero-order chi connectivity index (χ0) is 11.4. The second kappa shape index (κ2) is 5.03. The van der Waals surface area contributed by atoms with E-state index < -0.39 is 6.10 Å². The number of hydrogen-bond donors (Lipinski definition) is 2. The minimum Gasteiger partial charge on any atom is -0.508 e. The molecule has 0 heterocycles. The molecular weight excluding hydrogens is 192 g/mol. The Kier molecular flexibility index (Phi) is 3.97. The predicted molar refractivity (Wildman–Crippen MR) is 59.1 cm³/mol. The summed E-state index contributed by atoms with van der Waals surface area (Å²) < 4.78 is 5.49. The molecule has 2 N–H and O–H groups in total. The first-order valence-corrected chi connectivity index (χ1v) is 5.14.